The van der Waals surface area contributed by atoms with Crippen LogP contribution in [0.4, 0.5) is 0 Å². The molecule has 1 N–H and O–H groups in total. The minimum Gasteiger partial charge on any atom is -0.319 e. The maximum absolute atomic E-state index is 10.4. The normalized spacial score (nSPS) is 9.11. The number of carbonyl (C=O) groups is 1. The van der Waals surface area contributed by atoms with E-state index in [-0.39, 0.29) is 5.97 Å². The lowest BCUT2D eigenvalue weighted by Crippen LogP contribution is -2.14. The zero-order valence-corrected chi connectivity index (χ0v) is 5.64. The van der Waals surface area contributed by atoms with Crippen LogP contribution in [-0.4, -0.2) is 26.7 Å². The van der Waals surface area contributed by atoms with Crippen LogP contribution in [0.3, 0.4) is 0 Å². The molecular formula is C5H11NO3. The highest BCUT2D eigenvalue weighted by Gasteiger charge is 1.99. The van der Waals surface area contributed by atoms with Gasteiger partial charge in [-0.1, -0.05) is 0 Å². The van der Waals surface area contributed by atoms with Crippen LogP contribution in [0.25, 0.3) is 0 Å². The monoisotopic (exact) mass is 133 g/mol. The first-order valence-corrected chi connectivity index (χ1v) is 2.69. The molecule has 0 saturated carbocycles. The second kappa shape index (κ2) is 5.53. The summed E-state index contributed by atoms with van der Waals surface area (Å²) >= 11 is 0. The molecule has 54 valence electrons. The van der Waals surface area contributed by atoms with Gasteiger partial charge in [-0.3, -0.25) is 4.89 Å². The number of carbonyl (C=O) groups excluding carboxylic acids is 1. The maximum Gasteiger partial charge on any atom is 0.343 e. The minimum atomic E-state index is -0.355. The van der Waals surface area contributed by atoms with Crippen LogP contribution in [0.2, 0.25) is 0 Å². The van der Waals surface area contributed by atoms with E-state index >= 15 is 0 Å². The molecule has 0 radical (unpaired) electrons. The summed E-state index contributed by atoms with van der Waals surface area (Å²) in [5.74, 6) is -0.355. The van der Waals surface area contributed by atoms with Crippen molar-refractivity contribution in [3.63, 3.8) is 0 Å². The Balaban J connectivity index is 3.06. The Bertz CT molecular complexity index is 84.3. The molecule has 0 amide bonds. The Labute approximate surface area is 54.1 Å². The Morgan fingerprint density at radius 2 is 2.33 bits per heavy atom. The molecule has 0 aliphatic carbocycles. The molecule has 0 saturated heterocycles. The molecule has 0 aromatic heterocycles. The van der Waals surface area contributed by atoms with Gasteiger partial charge in [-0.2, -0.15) is 4.89 Å². The second-order valence-electron chi connectivity index (χ2n) is 1.48. The largest absolute Gasteiger partial charge is 0.343 e. The molecule has 0 unspecified atom stereocenters. The Morgan fingerprint density at radius 1 is 1.67 bits per heavy atom. The van der Waals surface area contributed by atoms with Crippen LogP contribution in [-0.2, 0) is 14.6 Å². The van der Waals surface area contributed by atoms with Gasteiger partial charge >= 0.3 is 5.97 Å². The molecule has 0 bridgehead atoms. The van der Waals surface area contributed by atoms with Crippen molar-refractivity contribution >= 4 is 5.97 Å². The van der Waals surface area contributed by atoms with Gasteiger partial charge in [0.1, 0.15) is 0 Å². The summed E-state index contributed by atoms with van der Waals surface area (Å²) in [6, 6.07) is 0. The van der Waals surface area contributed by atoms with Crippen LogP contribution in [0, 0.1) is 0 Å². The zero-order valence-electron chi connectivity index (χ0n) is 5.64. The van der Waals surface area contributed by atoms with Crippen molar-refractivity contribution in [3.8, 4) is 0 Å². The highest BCUT2D eigenvalue weighted by molar-refractivity contribution is 5.68. The van der Waals surface area contributed by atoms with Crippen molar-refractivity contribution in [2.75, 3.05) is 20.7 Å². The van der Waals surface area contributed by atoms with Gasteiger partial charge in [0.25, 0.3) is 0 Å². The van der Waals surface area contributed by atoms with Gasteiger partial charge < -0.3 is 5.32 Å². The average Bonchev–Trinajstić information content (AvgIpc) is 1.85. The summed E-state index contributed by atoms with van der Waals surface area (Å²) in [6.07, 6.45) is 0.338. The molecule has 0 spiro atoms. The third kappa shape index (κ3) is 5.26. The third-order valence-corrected chi connectivity index (χ3v) is 0.755. The lowest BCUT2D eigenvalue weighted by molar-refractivity contribution is -0.254. The molecular weight excluding hydrogens is 122 g/mol. The van der Waals surface area contributed by atoms with E-state index in [1.807, 2.05) is 0 Å². The van der Waals surface area contributed by atoms with Gasteiger partial charge in [0, 0.05) is 6.54 Å². The van der Waals surface area contributed by atoms with Gasteiger partial charge in [-0.25, -0.2) is 4.79 Å². The molecule has 0 aliphatic rings. The van der Waals surface area contributed by atoms with Crippen LogP contribution in [0.15, 0.2) is 0 Å². The first kappa shape index (κ1) is 8.39. The molecule has 0 aromatic carbocycles. The second-order valence-corrected chi connectivity index (χ2v) is 1.48. The summed E-state index contributed by atoms with van der Waals surface area (Å²) in [7, 11) is 3.07. The molecule has 0 atom stereocenters. The smallest absolute Gasteiger partial charge is 0.319 e. The third-order valence-electron chi connectivity index (χ3n) is 0.755. The van der Waals surface area contributed by atoms with E-state index < -0.39 is 0 Å². The Hall–Kier alpha value is -0.610. The van der Waals surface area contributed by atoms with Crippen molar-refractivity contribution in [2.45, 2.75) is 6.42 Å². The summed E-state index contributed by atoms with van der Waals surface area (Å²) < 4.78 is 0. The quantitative estimate of drug-likeness (QED) is 0.422. The molecule has 0 heterocycles. The summed E-state index contributed by atoms with van der Waals surface area (Å²) in [6.45, 7) is 0.613. The topological polar surface area (TPSA) is 47.6 Å². The Morgan fingerprint density at radius 3 is 2.78 bits per heavy atom. The van der Waals surface area contributed by atoms with Crippen molar-refractivity contribution in [1.29, 1.82) is 0 Å². The van der Waals surface area contributed by atoms with E-state index in [1.165, 1.54) is 7.11 Å². The average molecular weight is 133 g/mol. The van der Waals surface area contributed by atoms with Crippen LogP contribution < -0.4 is 5.32 Å². The highest BCUT2D eigenvalue weighted by atomic mass is 17.2. The van der Waals surface area contributed by atoms with E-state index in [2.05, 4.69) is 15.1 Å². The highest BCUT2D eigenvalue weighted by Crippen LogP contribution is 1.82. The van der Waals surface area contributed by atoms with Crippen molar-refractivity contribution in [2.24, 2.45) is 0 Å². The van der Waals surface area contributed by atoms with Gasteiger partial charge in [0.2, 0.25) is 0 Å². The van der Waals surface area contributed by atoms with Crippen LogP contribution in [0.5, 0.6) is 0 Å². The van der Waals surface area contributed by atoms with E-state index in [0.29, 0.717) is 13.0 Å². The van der Waals surface area contributed by atoms with Crippen molar-refractivity contribution in [3.05, 3.63) is 0 Å². The lowest BCUT2D eigenvalue weighted by atomic mass is 10.4. The summed E-state index contributed by atoms with van der Waals surface area (Å²) in [5, 5.41) is 2.80. The van der Waals surface area contributed by atoms with Crippen LogP contribution >= 0.6 is 0 Å². The summed E-state index contributed by atoms with van der Waals surface area (Å²) in [5.41, 5.74) is 0. The fourth-order valence-corrected chi connectivity index (χ4v) is 0.362. The zero-order chi connectivity index (χ0) is 7.11. The van der Waals surface area contributed by atoms with E-state index in [1.54, 1.807) is 7.05 Å². The van der Waals surface area contributed by atoms with Crippen molar-refractivity contribution in [1.82, 2.24) is 5.32 Å². The molecule has 0 aliphatic heterocycles. The first-order valence-electron chi connectivity index (χ1n) is 2.69. The molecule has 4 heteroatoms. The first-order chi connectivity index (χ1) is 4.31. The summed E-state index contributed by atoms with van der Waals surface area (Å²) in [4.78, 5) is 18.7. The molecule has 0 fully saturated rings. The predicted octanol–water partition coefficient (Wildman–Crippen LogP) is -0.300. The molecule has 0 rings (SSSR count). The van der Waals surface area contributed by atoms with Gasteiger partial charge in [0.05, 0.1) is 13.5 Å². The van der Waals surface area contributed by atoms with Crippen LogP contribution in [0.1, 0.15) is 6.42 Å². The molecule has 4 nitrogen and oxygen atoms in total. The standard InChI is InChI=1S/C5H11NO3/c1-6-4-3-5(7)9-8-2/h6H,3-4H2,1-2H3. The number of hydrogen-bond acceptors (Lipinski definition) is 4. The maximum atomic E-state index is 10.4. The lowest BCUT2D eigenvalue weighted by Gasteiger charge is -1.97. The van der Waals surface area contributed by atoms with Gasteiger partial charge in [-0.05, 0) is 7.05 Å². The van der Waals surface area contributed by atoms with E-state index in [0.717, 1.165) is 0 Å². The predicted molar refractivity (Wildman–Crippen MR) is 31.6 cm³/mol. The van der Waals surface area contributed by atoms with Crippen molar-refractivity contribution < 1.29 is 14.6 Å². The minimum absolute atomic E-state index is 0.338. The fourth-order valence-electron chi connectivity index (χ4n) is 0.362. The SMILES string of the molecule is CNCCC(=O)OOC. The molecule has 9 heavy (non-hydrogen) atoms. The Kier molecular flexibility index (Phi) is 5.15. The number of nitrogens with one attached hydrogen (secondary N) is 1. The number of hydrogen-bond donors (Lipinski definition) is 1. The number of rotatable bonds is 4. The van der Waals surface area contributed by atoms with Gasteiger partial charge in [-0.15, -0.1) is 0 Å². The molecule has 0 aromatic rings. The fraction of sp³-hybridized carbons (Fsp3) is 0.800. The van der Waals surface area contributed by atoms with E-state index in [4.69, 9.17) is 0 Å². The van der Waals surface area contributed by atoms with E-state index in [9.17, 15) is 4.79 Å². The van der Waals surface area contributed by atoms with Gasteiger partial charge in [0.15, 0.2) is 0 Å².